The summed E-state index contributed by atoms with van der Waals surface area (Å²) in [6.07, 6.45) is 2.07. The highest BCUT2D eigenvalue weighted by Crippen LogP contribution is 2.40. The molecule has 184 valence electrons. The molecule has 35 heavy (non-hydrogen) atoms. The molecule has 1 aliphatic carbocycles. The molecule has 8 heteroatoms. The predicted molar refractivity (Wildman–Crippen MR) is 127 cm³/mol. The lowest BCUT2D eigenvalue weighted by Gasteiger charge is -2.34. The second-order valence-corrected chi connectivity index (χ2v) is 9.57. The second kappa shape index (κ2) is 9.77. The van der Waals surface area contributed by atoms with E-state index < -0.39 is 29.9 Å². The number of likely N-dealkylation sites (N-methyl/N-ethyl adjacent to an activating group) is 1. The fourth-order valence-corrected chi connectivity index (χ4v) is 4.76. The van der Waals surface area contributed by atoms with E-state index in [-0.39, 0.29) is 23.9 Å². The van der Waals surface area contributed by atoms with Crippen molar-refractivity contribution in [2.24, 2.45) is 5.92 Å². The Morgan fingerprint density at radius 3 is 2.40 bits per heavy atom. The van der Waals surface area contributed by atoms with Gasteiger partial charge in [-0.25, -0.2) is 13.6 Å². The van der Waals surface area contributed by atoms with Crippen LogP contribution >= 0.6 is 0 Å². The first-order valence-corrected chi connectivity index (χ1v) is 12.1. The Kier molecular flexibility index (Phi) is 6.56. The molecule has 2 aromatic rings. The standard InChI is InChI=1S/C27H29F2N3O3/c1-30-11-13-31(14-12-30)27(34)35-25(19-7-8-19)26(33)32-17-20(22-16-21(28)9-10-23(22)29)15-24(32)18-5-3-2-4-6-18/h2-6,9-10,15-16,19,24-25H,7-8,11-14,17H2,1H3/t24-,25?/m0/s1. The van der Waals surface area contributed by atoms with Gasteiger partial charge in [0.1, 0.15) is 11.6 Å². The first kappa shape index (κ1) is 23.5. The minimum absolute atomic E-state index is 0.0229. The summed E-state index contributed by atoms with van der Waals surface area (Å²) in [5, 5.41) is 0. The average molecular weight is 482 g/mol. The number of piperazine rings is 1. The van der Waals surface area contributed by atoms with Crippen LogP contribution in [0.4, 0.5) is 13.6 Å². The zero-order valence-electron chi connectivity index (χ0n) is 19.7. The van der Waals surface area contributed by atoms with Gasteiger partial charge in [0.2, 0.25) is 0 Å². The fraction of sp³-hybridized carbons (Fsp3) is 0.407. The largest absolute Gasteiger partial charge is 0.436 e. The van der Waals surface area contributed by atoms with Gasteiger partial charge in [-0.3, -0.25) is 4.79 Å². The van der Waals surface area contributed by atoms with Gasteiger partial charge >= 0.3 is 6.09 Å². The van der Waals surface area contributed by atoms with Gasteiger partial charge in [0.05, 0.1) is 6.04 Å². The van der Waals surface area contributed by atoms with Crippen molar-refractivity contribution in [1.82, 2.24) is 14.7 Å². The molecule has 0 radical (unpaired) electrons. The van der Waals surface area contributed by atoms with Gasteiger partial charge in [0.15, 0.2) is 6.10 Å². The fourth-order valence-electron chi connectivity index (χ4n) is 4.76. The van der Waals surface area contributed by atoms with E-state index in [1.807, 2.05) is 37.4 Å². The first-order valence-electron chi connectivity index (χ1n) is 12.1. The number of rotatable bonds is 5. The molecular formula is C27H29F2N3O3. The maximum atomic E-state index is 14.6. The van der Waals surface area contributed by atoms with Crippen molar-refractivity contribution >= 4 is 17.6 Å². The van der Waals surface area contributed by atoms with Gasteiger partial charge in [0.25, 0.3) is 5.91 Å². The van der Waals surface area contributed by atoms with Gasteiger partial charge in [-0.1, -0.05) is 36.4 Å². The average Bonchev–Trinajstić information content (AvgIpc) is 3.62. The maximum Gasteiger partial charge on any atom is 0.410 e. The molecule has 2 amide bonds. The van der Waals surface area contributed by atoms with Crippen molar-refractivity contribution in [2.75, 3.05) is 39.8 Å². The zero-order valence-corrected chi connectivity index (χ0v) is 19.7. The molecule has 2 atom stereocenters. The van der Waals surface area contributed by atoms with Crippen LogP contribution in [0.25, 0.3) is 5.57 Å². The van der Waals surface area contributed by atoms with Crippen LogP contribution in [-0.4, -0.2) is 72.6 Å². The number of hydrogen-bond donors (Lipinski definition) is 0. The van der Waals surface area contributed by atoms with Crippen molar-refractivity contribution in [3.05, 3.63) is 77.4 Å². The van der Waals surface area contributed by atoms with Crippen LogP contribution < -0.4 is 0 Å². The Morgan fingerprint density at radius 1 is 1.00 bits per heavy atom. The summed E-state index contributed by atoms with van der Waals surface area (Å²) in [6, 6.07) is 12.3. The second-order valence-electron chi connectivity index (χ2n) is 9.57. The third kappa shape index (κ3) is 5.07. The minimum atomic E-state index is -0.890. The Labute approximate surface area is 203 Å². The van der Waals surface area contributed by atoms with Gasteiger partial charge in [-0.05, 0) is 49.2 Å². The Morgan fingerprint density at radius 2 is 1.71 bits per heavy atom. The molecule has 2 aromatic carbocycles. The minimum Gasteiger partial charge on any atom is -0.436 e. The number of halogens is 2. The lowest BCUT2D eigenvalue weighted by Crippen LogP contribution is -2.50. The van der Waals surface area contributed by atoms with Crippen LogP contribution in [0.15, 0.2) is 54.6 Å². The highest BCUT2D eigenvalue weighted by molar-refractivity contribution is 5.88. The van der Waals surface area contributed by atoms with E-state index >= 15 is 0 Å². The summed E-state index contributed by atoms with van der Waals surface area (Å²) in [5.74, 6) is -1.41. The summed E-state index contributed by atoms with van der Waals surface area (Å²) in [6.45, 7) is 2.73. The summed E-state index contributed by atoms with van der Waals surface area (Å²) < 4.78 is 34.3. The predicted octanol–water partition coefficient (Wildman–Crippen LogP) is 4.09. The third-order valence-corrected chi connectivity index (χ3v) is 7.02. The van der Waals surface area contributed by atoms with Crippen LogP contribution in [-0.2, 0) is 9.53 Å². The molecule has 1 unspecified atom stereocenters. The lowest BCUT2D eigenvalue weighted by molar-refractivity contribution is -0.142. The lowest BCUT2D eigenvalue weighted by atomic mass is 10.0. The van der Waals surface area contributed by atoms with E-state index in [2.05, 4.69) is 4.90 Å². The van der Waals surface area contributed by atoms with Crippen molar-refractivity contribution in [2.45, 2.75) is 25.0 Å². The van der Waals surface area contributed by atoms with Crippen molar-refractivity contribution in [3.8, 4) is 0 Å². The van der Waals surface area contributed by atoms with E-state index in [1.54, 1.807) is 15.9 Å². The van der Waals surface area contributed by atoms with Crippen molar-refractivity contribution in [1.29, 1.82) is 0 Å². The Hall–Kier alpha value is -3.26. The highest BCUT2D eigenvalue weighted by atomic mass is 19.1. The van der Waals surface area contributed by atoms with Crippen LogP contribution in [0.1, 0.15) is 30.0 Å². The number of ether oxygens (including phenoxy) is 1. The molecule has 5 rings (SSSR count). The number of benzene rings is 2. The molecule has 2 fully saturated rings. The SMILES string of the molecule is CN1CCN(C(=O)OC(C(=O)N2CC(c3cc(F)ccc3F)=C[C@H]2c2ccccc2)C2CC2)CC1. The molecule has 3 aliphatic rings. The van der Waals surface area contributed by atoms with Crippen molar-refractivity contribution < 1.29 is 23.1 Å². The molecule has 0 aromatic heterocycles. The van der Waals surface area contributed by atoms with E-state index in [9.17, 15) is 18.4 Å². The number of amides is 2. The van der Waals surface area contributed by atoms with Gasteiger partial charge in [0, 0.05) is 44.2 Å². The maximum absolute atomic E-state index is 14.6. The third-order valence-electron chi connectivity index (χ3n) is 7.02. The van der Waals surface area contributed by atoms with Crippen molar-refractivity contribution in [3.63, 3.8) is 0 Å². The number of carbonyl (C=O) groups excluding carboxylic acids is 2. The van der Waals surface area contributed by atoms with Gasteiger partial charge < -0.3 is 19.4 Å². The monoisotopic (exact) mass is 481 g/mol. The van der Waals surface area contributed by atoms with Gasteiger partial charge in [-0.2, -0.15) is 0 Å². The topological polar surface area (TPSA) is 53.1 Å². The summed E-state index contributed by atoms with van der Waals surface area (Å²) >= 11 is 0. The zero-order chi connectivity index (χ0) is 24.5. The number of hydrogen-bond acceptors (Lipinski definition) is 4. The summed E-state index contributed by atoms with van der Waals surface area (Å²) in [7, 11) is 2.00. The molecule has 1 saturated heterocycles. The summed E-state index contributed by atoms with van der Waals surface area (Å²) in [5.41, 5.74) is 1.52. The molecule has 0 bridgehead atoms. The normalized spacial score (nSPS) is 21.6. The molecule has 2 heterocycles. The Bertz CT molecular complexity index is 1130. The number of carbonyl (C=O) groups is 2. The van der Waals surface area contributed by atoms with E-state index in [4.69, 9.17) is 4.74 Å². The molecular weight excluding hydrogens is 452 g/mol. The first-order chi connectivity index (χ1) is 16.9. The molecule has 0 spiro atoms. The van der Waals surface area contributed by atoms with Crippen LogP contribution in [0, 0.1) is 17.6 Å². The van der Waals surface area contributed by atoms with E-state index in [0.717, 1.165) is 49.7 Å². The molecule has 2 aliphatic heterocycles. The van der Waals surface area contributed by atoms with Crippen LogP contribution in [0.3, 0.4) is 0 Å². The molecule has 0 N–H and O–H groups in total. The molecule has 1 saturated carbocycles. The quantitative estimate of drug-likeness (QED) is 0.646. The van der Waals surface area contributed by atoms with E-state index in [1.165, 1.54) is 0 Å². The highest BCUT2D eigenvalue weighted by Gasteiger charge is 2.45. The number of nitrogens with zero attached hydrogens (tertiary/aromatic N) is 3. The van der Waals surface area contributed by atoms with Gasteiger partial charge in [-0.15, -0.1) is 0 Å². The van der Waals surface area contributed by atoms with Crippen LogP contribution in [0.5, 0.6) is 0 Å². The van der Waals surface area contributed by atoms with E-state index in [0.29, 0.717) is 18.7 Å². The summed E-state index contributed by atoms with van der Waals surface area (Å²) in [4.78, 5) is 32.1. The Balaban J connectivity index is 1.40. The molecule has 6 nitrogen and oxygen atoms in total. The van der Waals surface area contributed by atoms with Crippen LogP contribution in [0.2, 0.25) is 0 Å². The smallest absolute Gasteiger partial charge is 0.410 e.